The van der Waals surface area contributed by atoms with Crippen LogP contribution in [0.25, 0.3) is 0 Å². The molecule has 0 aliphatic rings. The molecule has 12 heteroatoms. The first-order chi connectivity index (χ1) is 0. The van der Waals surface area contributed by atoms with Crippen LogP contribution in [0.2, 0.25) is 0 Å². The van der Waals surface area contributed by atoms with E-state index in [2.05, 4.69) is 0 Å². The SMILES string of the molecule is [O-2].[O-2].[O-2].[O-2].[O-2].[O-2].[O-2].[O-2].[U].[U].[U].[U]. The molecule has 0 radical (unpaired) electrons. The van der Waals surface area contributed by atoms with E-state index in [0.717, 1.165) is 0 Å². The molecule has 0 fully saturated rings. The van der Waals surface area contributed by atoms with E-state index in [1.165, 1.54) is 0 Å². The molecule has 12 heavy (non-hydrogen) atoms. The van der Waals surface area contributed by atoms with Crippen molar-refractivity contribution >= 4 is 0 Å². The maximum Gasteiger partial charge on any atom is 0 e. The molecule has 80 valence electrons. The van der Waals surface area contributed by atoms with Crippen LogP contribution in [-0.2, 0) is 43.8 Å². The Labute approximate surface area is 165 Å². The fourth-order valence-corrected chi connectivity index (χ4v) is 0. The van der Waals surface area contributed by atoms with E-state index in [0.29, 0.717) is 0 Å². The van der Waals surface area contributed by atoms with Gasteiger partial charge in [-0.2, -0.15) is 0 Å². The van der Waals surface area contributed by atoms with Crippen LogP contribution >= 0.6 is 0 Å². The predicted molar refractivity (Wildman–Crippen MR) is 5.49 cm³/mol. The average Bonchev–Trinajstić information content (AvgIpc) is 0. The Kier molecular flexibility index (Phi) is 3690. The molecule has 0 spiro atoms. The molecule has 0 saturated carbocycles. The van der Waals surface area contributed by atoms with Crippen LogP contribution in [0, 0.1) is 124 Å². The Morgan fingerprint density at radius 2 is 0.167 bits per heavy atom. The zero-order valence-electron chi connectivity index (χ0n) is 5.27. The normalized spacial score (nSPS) is 0. The second-order valence-corrected chi connectivity index (χ2v) is 0. The summed E-state index contributed by atoms with van der Waals surface area (Å²) in [5.41, 5.74) is 0. The summed E-state index contributed by atoms with van der Waals surface area (Å²) >= 11 is 0. The summed E-state index contributed by atoms with van der Waals surface area (Å²) in [5, 5.41) is 0. The quantitative estimate of drug-likeness (QED) is 0.286. The van der Waals surface area contributed by atoms with Gasteiger partial charge < -0.3 is 43.8 Å². The number of hydrogen-bond donors (Lipinski definition) is 0. The largest absolute Gasteiger partial charge is 2.00 e. The van der Waals surface area contributed by atoms with E-state index < -0.39 is 0 Å². The van der Waals surface area contributed by atoms with Crippen molar-refractivity contribution in [3.8, 4) is 0 Å². The van der Waals surface area contributed by atoms with Gasteiger partial charge in [0, 0.05) is 124 Å². The minimum atomic E-state index is 0. The molecule has 0 bridgehead atoms. The second kappa shape index (κ2) is 190. The van der Waals surface area contributed by atoms with Crippen molar-refractivity contribution in [1.82, 2.24) is 0 Å². The van der Waals surface area contributed by atoms with E-state index in [9.17, 15) is 0 Å². The molecule has 0 amide bonds. The van der Waals surface area contributed by atoms with E-state index in [1.807, 2.05) is 0 Å². The zero-order valence-corrected chi connectivity index (χ0v) is 21.9. The molecular formula is O8U4-16. The Bertz CT molecular complexity index is 11.0. The minimum Gasteiger partial charge on any atom is -2.00 e. The van der Waals surface area contributed by atoms with Gasteiger partial charge in [-0.3, -0.25) is 0 Å². The fourth-order valence-electron chi connectivity index (χ4n) is 0. The van der Waals surface area contributed by atoms with Crippen molar-refractivity contribution in [2.45, 2.75) is 0 Å². The van der Waals surface area contributed by atoms with E-state index in [-0.39, 0.29) is 168 Å². The number of rotatable bonds is 0. The topological polar surface area (TPSA) is 228 Å². The average molecular weight is 1080 g/mol. The van der Waals surface area contributed by atoms with Crippen LogP contribution < -0.4 is 0 Å². The monoisotopic (exact) mass is 1080 g/mol. The maximum atomic E-state index is 0. The molecule has 0 aromatic carbocycles. The first-order valence-corrected chi connectivity index (χ1v) is 0. The smallest absolute Gasteiger partial charge is 0 e. The molecule has 0 atom stereocenters. The van der Waals surface area contributed by atoms with Crippen molar-refractivity contribution in [2.24, 2.45) is 0 Å². The van der Waals surface area contributed by atoms with Crippen molar-refractivity contribution in [3.63, 3.8) is 0 Å². The van der Waals surface area contributed by atoms with Crippen molar-refractivity contribution in [3.05, 3.63) is 0 Å². The van der Waals surface area contributed by atoms with E-state index in [4.69, 9.17) is 0 Å². The summed E-state index contributed by atoms with van der Waals surface area (Å²) in [4.78, 5) is 0. The molecule has 0 aromatic rings. The zero-order chi connectivity index (χ0) is 0. The maximum absolute atomic E-state index is 0. The summed E-state index contributed by atoms with van der Waals surface area (Å²) in [6.45, 7) is 0. The molecule has 0 aromatic heterocycles. The van der Waals surface area contributed by atoms with Gasteiger partial charge in [0.15, 0.2) is 0 Å². The molecule has 0 aliphatic carbocycles. The molecular weight excluding hydrogens is 1080 g/mol. The van der Waals surface area contributed by atoms with E-state index >= 15 is 0 Å². The van der Waals surface area contributed by atoms with Gasteiger partial charge in [-0.25, -0.2) is 0 Å². The Morgan fingerprint density at radius 3 is 0.167 bits per heavy atom. The van der Waals surface area contributed by atoms with Gasteiger partial charge in [0.05, 0.1) is 0 Å². The summed E-state index contributed by atoms with van der Waals surface area (Å²) in [6, 6.07) is 0. The third-order valence-electron chi connectivity index (χ3n) is 0. The van der Waals surface area contributed by atoms with Gasteiger partial charge in [0.2, 0.25) is 0 Å². The molecule has 0 N–H and O–H groups in total. The Hall–Kier alpha value is 3.89. The van der Waals surface area contributed by atoms with Gasteiger partial charge in [0.25, 0.3) is 0 Å². The summed E-state index contributed by atoms with van der Waals surface area (Å²) in [6.07, 6.45) is 0. The van der Waals surface area contributed by atoms with Crippen molar-refractivity contribution in [1.29, 1.82) is 0 Å². The summed E-state index contributed by atoms with van der Waals surface area (Å²) in [7, 11) is 0. The standard InChI is InChI=1S/8O.4U/q8*-2;;;;. The third kappa shape index (κ3) is 153. The summed E-state index contributed by atoms with van der Waals surface area (Å²) < 4.78 is 0. The van der Waals surface area contributed by atoms with Gasteiger partial charge >= 0.3 is 0 Å². The van der Waals surface area contributed by atoms with Gasteiger partial charge in [-0.05, 0) is 0 Å². The first-order valence-electron chi connectivity index (χ1n) is 0. The third-order valence-corrected chi connectivity index (χ3v) is 0. The van der Waals surface area contributed by atoms with Gasteiger partial charge in [-0.1, -0.05) is 0 Å². The number of hydrogen-bond acceptors (Lipinski definition) is 0. The predicted octanol–water partition coefficient (Wildman–Crippen LogP) is -0.950. The van der Waals surface area contributed by atoms with Crippen molar-refractivity contribution in [2.75, 3.05) is 0 Å². The van der Waals surface area contributed by atoms with Crippen molar-refractivity contribution < 1.29 is 168 Å². The van der Waals surface area contributed by atoms with Crippen LogP contribution in [-0.4, -0.2) is 0 Å². The van der Waals surface area contributed by atoms with Crippen LogP contribution in [0.4, 0.5) is 0 Å². The second-order valence-electron chi connectivity index (χ2n) is 0. The van der Waals surface area contributed by atoms with Crippen LogP contribution in [0.1, 0.15) is 0 Å². The Morgan fingerprint density at radius 1 is 0.167 bits per heavy atom. The Balaban J connectivity index is 0. The molecule has 0 heterocycles. The van der Waals surface area contributed by atoms with Crippen LogP contribution in [0.15, 0.2) is 0 Å². The fraction of sp³-hybridized carbons (Fsp3) is 0. The van der Waals surface area contributed by atoms with Crippen LogP contribution in [0.5, 0.6) is 0 Å². The minimum absolute atomic E-state index is 0. The van der Waals surface area contributed by atoms with Gasteiger partial charge in [-0.15, -0.1) is 0 Å². The van der Waals surface area contributed by atoms with E-state index in [1.54, 1.807) is 0 Å². The molecule has 0 aliphatic heterocycles. The molecule has 0 saturated heterocycles. The summed E-state index contributed by atoms with van der Waals surface area (Å²) in [5.74, 6) is 0. The molecule has 8 nitrogen and oxygen atoms in total. The first kappa shape index (κ1) is 233. The molecule has 0 rings (SSSR count). The molecule has 0 unspecified atom stereocenters. The van der Waals surface area contributed by atoms with Gasteiger partial charge in [0.1, 0.15) is 0 Å². The van der Waals surface area contributed by atoms with Crippen LogP contribution in [0.3, 0.4) is 0 Å².